The lowest BCUT2D eigenvalue weighted by atomic mass is 10.1. The van der Waals surface area contributed by atoms with Crippen LogP contribution >= 0.6 is 63.7 Å². The lowest BCUT2D eigenvalue weighted by Crippen LogP contribution is -2.02. The van der Waals surface area contributed by atoms with Crippen LogP contribution in [-0.4, -0.2) is 5.97 Å². The van der Waals surface area contributed by atoms with Gasteiger partial charge in [-0.15, -0.1) is 0 Å². The van der Waals surface area contributed by atoms with Gasteiger partial charge in [-0.3, -0.25) is 4.79 Å². The van der Waals surface area contributed by atoms with Gasteiger partial charge < -0.3 is 4.74 Å². The van der Waals surface area contributed by atoms with Crippen molar-refractivity contribution in [3.8, 4) is 5.75 Å². The predicted octanol–water partition coefficient (Wildman–Crippen LogP) is 5.19. The topological polar surface area (TPSA) is 26.3 Å². The molecule has 1 aromatic carbocycles. The van der Waals surface area contributed by atoms with Crippen LogP contribution in [0.4, 0.5) is 0 Å². The van der Waals surface area contributed by atoms with Gasteiger partial charge >= 0.3 is 5.97 Å². The smallest absolute Gasteiger partial charge is 0.308 e. The molecule has 16 heavy (non-hydrogen) atoms. The van der Waals surface area contributed by atoms with Crippen LogP contribution in [0.2, 0.25) is 0 Å². The molecule has 0 fully saturated rings. The Labute approximate surface area is 128 Å². The summed E-state index contributed by atoms with van der Waals surface area (Å²) in [6.07, 6.45) is 0. The normalized spacial score (nSPS) is 10.9. The second-order valence-corrected chi connectivity index (χ2v) is 9.15. The van der Waals surface area contributed by atoms with Gasteiger partial charge in [0, 0.05) is 6.92 Å². The molecule has 0 aliphatic rings. The standard InChI is InChI=1S/C10H8Br4O2/c1-5(15)16-8-3-6(9(11)12)2-7(4-8)10(13)14/h2-4,9-10H,1H3. The first kappa shape index (κ1) is 14.7. The Bertz CT molecular complexity index is 364. The zero-order chi connectivity index (χ0) is 12.3. The number of ether oxygens (including phenoxy) is 1. The average Bonchev–Trinajstić information content (AvgIpc) is 2.15. The highest BCUT2D eigenvalue weighted by Crippen LogP contribution is 2.37. The highest BCUT2D eigenvalue weighted by atomic mass is 79.9. The van der Waals surface area contributed by atoms with Gasteiger partial charge in [0.2, 0.25) is 0 Å². The minimum atomic E-state index is -0.329. The predicted molar refractivity (Wildman–Crippen MR) is 78.9 cm³/mol. The molecular formula is C10H8Br4O2. The van der Waals surface area contributed by atoms with E-state index in [4.69, 9.17) is 4.74 Å². The number of hydrogen-bond donors (Lipinski definition) is 0. The van der Waals surface area contributed by atoms with Crippen molar-refractivity contribution < 1.29 is 9.53 Å². The highest BCUT2D eigenvalue weighted by Gasteiger charge is 2.11. The van der Waals surface area contributed by atoms with Gasteiger partial charge in [-0.25, -0.2) is 0 Å². The monoisotopic (exact) mass is 476 g/mol. The van der Waals surface area contributed by atoms with E-state index in [1.807, 2.05) is 6.07 Å². The quantitative estimate of drug-likeness (QED) is 0.339. The number of halogens is 4. The summed E-state index contributed by atoms with van der Waals surface area (Å²) in [6, 6.07) is 5.61. The van der Waals surface area contributed by atoms with Crippen LogP contribution in [0.5, 0.6) is 5.75 Å². The molecule has 0 aromatic heterocycles. The Balaban J connectivity index is 3.13. The van der Waals surface area contributed by atoms with E-state index in [-0.39, 0.29) is 13.4 Å². The molecule has 0 aliphatic heterocycles. The molecule has 2 nitrogen and oxygen atoms in total. The average molecular weight is 480 g/mol. The van der Waals surface area contributed by atoms with Gasteiger partial charge in [-0.2, -0.15) is 0 Å². The summed E-state index contributed by atoms with van der Waals surface area (Å²) in [4.78, 5) is 10.9. The maximum atomic E-state index is 10.9. The van der Waals surface area contributed by atoms with E-state index >= 15 is 0 Å². The Morgan fingerprint density at radius 1 is 1.06 bits per heavy atom. The summed E-state index contributed by atoms with van der Waals surface area (Å²) in [5, 5.41) is 0. The van der Waals surface area contributed by atoms with Crippen LogP contribution in [-0.2, 0) is 4.79 Å². The number of carbonyl (C=O) groups is 1. The molecule has 0 N–H and O–H groups in total. The van der Waals surface area contributed by atoms with Crippen LogP contribution in [0.15, 0.2) is 18.2 Å². The second kappa shape index (κ2) is 6.52. The van der Waals surface area contributed by atoms with Gasteiger partial charge in [0.15, 0.2) is 0 Å². The van der Waals surface area contributed by atoms with Gasteiger partial charge in [-0.1, -0.05) is 69.8 Å². The molecule has 0 heterocycles. The Morgan fingerprint density at radius 3 is 1.81 bits per heavy atom. The number of carbonyl (C=O) groups excluding carboxylic acids is 1. The van der Waals surface area contributed by atoms with Crippen LogP contribution < -0.4 is 4.74 Å². The molecule has 0 amide bonds. The van der Waals surface area contributed by atoms with Gasteiger partial charge in [-0.05, 0) is 23.3 Å². The maximum Gasteiger partial charge on any atom is 0.308 e. The van der Waals surface area contributed by atoms with Crippen LogP contribution in [0.25, 0.3) is 0 Å². The summed E-state index contributed by atoms with van der Waals surface area (Å²) < 4.78 is 5.12. The number of alkyl halides is 4. The lowest BCUT2D eigenvalue weighted by Gasteiger charge is -2.11. The lowest BCUT2D eigenvalue weighted by molar-refractivity contribution is -0.131. The van der Waals surface area contributed by atoms with E-state index in [9.17, 15) is 4.79 Å². The molecule has 0 saturated carbocycles. The number of rotatable bonds is 3. The molecule has 0 saturated heterocycles. The summed E-state index contributed by atoms with van der Waals surface area (Å²) >= 11 is 13.6. The molecule has 1 aromatic rings. The molecule has 0 bridgehead atoms. The molecule has 1 rings (SSSR count). The van der Waals surface area contributed by atoms with Gasteiger partial charge in [0.05, 0.1) is 7.47 Å². The fourth-order valence-corrected chi connectivity index (χ4v) is 2.18. The summed E-state index contributed by atoms with van der Waals surface area (Å²) in [5.41, 5.74) is 1.97. The first-order chi connectivity index (χ1) is 7.40. The molecule has 6 heteroatoms. The minimum Gasteiger partial charge on any atom is -0.427 e. The third-order valence-corrected chi connectivity index (χ3v) is 3.83. The van der Waals surface area contributed by atoms with E-state index in [2.05, 4.69) is 63.7 Å². The summed E-state index contributed by atoms with van der Waals surface area (Å²) in [6.45, 7) is 1.38. The van der Waals surface area contributed by atoms with Crippen molar-refractivity contribution in [3.63, 3.8) is 0 Å². The van der Waals surface area contributed by atoms with Crippen molar-refractivity contribution in [2.24, 2.45) is 0 Å². The molecule has 0 spiro atoms. The van der Waals surface area contributed by atoms with E-state index in [0.29, 0.717) is 5.75 Å². The molecule has 0 radical (unpaired) electrons. The SMILES string of the molecule is CC(=O)Oc1cc(C(Br)Br)cc(C(Br)Br)c1. The van der Waals surface area contributed by atoms with E-state index in [1.54, 1.807) is 12.1 Å². The number of hydrogen-bond acceptors (Lipinski definition) is 2. The second-order valence-electron chi connectivity index (χ2n) is 3.03. The van der Waals surface area contributed by atoms with Gasteiger partial charge in [0.1, 0.15) is 5.75 Å². The third kappa shape index (κ3) is 4.47. The fraction of sp³-hybridized carbons (Fsp3) is 0.300. The number of esters is 1. The van der Waals surface area contributed by atoms with E-state index in [0.717, 1.165) is 11.1 Å². The molecule has 0 aliphatic carbocycles. The maximum absolute atomic E-state index is 10.9. The van der Waals surface area contributed by atoms with Crippen LogP contribution in [0.3, 0.4) is 0 Å². The van der Waals surface area contributed by atoms with Crippen molar-refractivity contribution in [2.45, 2.75) is 14.4 Å². The van der Waals surface area contributed by atoms with E-state index < -0.39 is 0 Å². The summed E-state index contributed by atoms with van der Waals surface area (Å²) in [5.74, 6) is 0.206. The molecule has 0 unspecified atom stereocenters. The third-order valence-electron chi connectivity index (χ3n) is 1.72. The van der Waals surface area contributed by atoms with Crippen molar-refractivity contribution >= 4 is 69.7 Å². The minimum absolute atomic E-state index is 0.0213. The largest absolute Gasteiger partial charge is 0.427 e. The molecule has 88 valence electrons. The highest BCUT2D eigenvalue weighted by molar-refractivity contribution is 9.24. The Hall–Kier alpha value is 0.610. The fourth-order valence-electron chi connectivity index (χ4n) is 1.12. The first-order valence-electron chi connectivity index (χ1n) is 4.29. The van der Waals surface area contributed by atoms with Crippen molar-refractivity contribution in [3.05, 3.63) is 29.3 Å². The zero-order valence-electron chi connectivity index (χ0n) is 8.22. The Kier molecular flexibility index (Phi) is 5.98. The van der Waals surface area contributed by atoms with Crippen LogP contribution in [0, 0.1) is 0 Å². The summed E-state index contributed by atoms with van der Waals surface area (Å²) in [7, 11) is 0. The number of benzene rings is 1. The molecular weight excluding hydrogens is 472 g/mol. The van der Waals surface area contributed by atoms with E-state index in [1.165, 1.54) is 6.92 Å². The van der Waals surface area contributed by atoms with Crippen LogP contribution in [0.1, 0.15) is 25.5 Å². The first-order valence-corrected chi connectivity index (χ1v) is 7.96. The molecule has 0 atom stereocenters. The zero-order valence-corrected chi connectivity index (χ0v) is 14.6. The van der Waals surface area contributed by atoms with Gasteiger partial charge in [0.25, 0.3) is 0 Å². The Morgan fingerprint density at radius 2 is 1.50 bits per heavy atom. The van der Waals surface area contributed by atoms with Crippen molar-refractivity contribution in [1.29, 1.82) is 0 Å². The van der Waals surface area contributed by atoms with Crippen molar-refractivity contribution in [1.82, 2.24) is 0 Å². The van der Waals surface area contributed by atoms with Crippen molar-refractivity contribution in [2.75, 3.05) is 0 Å².